The van der Waals surface area contributed by atoms with Crippen LogP contribution in [0.4, 0.5) is 5.13 Å². The van der Waals surface area contributed by atoms with Gasteiger partial charge in [-0.05, 0) is 32.9 Å². The summed E-state index contributed by atoms with van der Waals surface area (Å²) in [7, 11) is 0. The van der Waals surface area contributed by atoms with Gasteiger partial charge in [0.05, 0.1) is 5.69 Å². The van der Waals surface area contributed by atoms with Crippen molar-refractivity contribution in [3.63, 3.8) is 0 Å². The Labute approximate surface area is 158 Å². The number of aromatic nitrogens is 1. The first-order chi connectivity index (χ1) is 12.6. The Morgan fingerprint density at radius 3 is 2.58 bits per heavy atom. The molecule has 1 aliphatic rings. The van der Waals surface area contributed by atoms with Crippen LogP contribution in [-0.2, 0) is 11.3 Å². The van der Waals surface area contributed by atoms with E-state index in [0.29, 0.717) is 10.7 Å². The highest BCUT2D eigenvalue weighted by Gasteiger charge is 2.14. The largest absolute Gasteiger partial charge is 0.302 e. The summed E-state index contributed by atoms with van der Waals surface area (Å²) >= 11 is 1.44. The Morgan fingerprint density at radius 2 is 1.85 bits per heavy atom. The molecule has 1 amide bonds. The molecule has 5 nitrogen and oxygen atoms in total. The fourth-order valence-corrected chi connectivity index (χ4v) is 3.79. The third-order valence-electron chi connectivity index (χ3n) is 4.59. The highest BCUT2D eigenvalue weighted by atomic mass is 32.1. The lowest BCUT2D eigenvalue weighted by atomic mass is 10.1. The summed E-state index contributed by atoms with van der Waals surface area (Å²) < 4.78 is 0. The van der Waals surface area contributed by atoms with E-state index in [0.717, 1.165) is 30.9 Å². The second-order valence-corrected chi connectivity index (χ2v) is 7.68. The van der Waals surface area contributed by atoms with Gasteiger partial charge in [0.15, 0.2) is 10.9 Å². The SMILES string of the molecule is Cc1ccc(C(=O)CCC(=O)Nc2nc(CN3CCCCC3)cs2)cc1. The van der Waals surface area contributed by atoms with Crippen molar-refractivity contribution in [3.8, 4) is 0 Å². The highest BCUT2D eigenvalue weighted by molar-refractivity contribution is 7.13. The molecule has 0 atom stereocenters. The van der Waals surface area contributed by atoms with Gasteiger partial charge in [-0.2, -0.15) is 0 Å². The van der Waals surface area contributed by atoms with Gasteiger partial charge in [-0.15, -0.1) is 11.3 Å². The predicted molar refractivity (Wildman–Crippen MR) is 105 cm³/mol. The summed E-state index contributed by atoms with van der Waals surface area (Å²) in [6.07, 6.45) is 4.20. The minimum Gasteiger partial charge on any atom is -0.302 e. The van der Waals surface area contributed by atoms with E-state index in [2.05, 4.69) is 15.2 Å². The number of carbonyl (C=O) groups excluding carboxylic acids is 2. The minimum atomic E-state index is -0.163. The number of benzene rings is 1. The fraction of sp³-hybridized carbons (Fsp3) is 0.450. The number of piperidine rings is 1. The number of aryl methyl sites for hydroxylation is 1. The van der Waals surface area contributed by atoms with Gasteiger partial charge >= 0.3 is 0 Å². The average Bonchev–Trinajstić information content (AvgIpc) is 3.08. The maximum absolute atomic E-state index is 12.1. The van der Waals surface area contributed by atoms with Crippen molar-refractivity contribution >= 4 is 28.2 Å². The van der Waals surface area contributed by atoms with Crippen molar-refractivity contribution in [1.82, 2.24) is 9.88 Å². The predicted octanol–water partition coefficient (Wildman–Crippen LogP) is 4.04. The zero-order chi connectivity index (χ0) is 18.4. The number of carbonyl (C=O) groups is 2. The minimum absolute atomic E-state index is 0.00919. The quantitative estimate of drug-likeness (QED) is 0.746. The first kappa shape index (κ1) is 18.7. The standard InChI is InChI=1S/C20H25N3O2S/c1-15-5-7-16(8-6-15)18(24)9-10-19(25)22-20-21-17(14-26-20)13-23-11-3-2-4-12-23/h5-8,14H,2-4,9-13H2,1H3,(H,21,22,25). The normalized spacial score (nSPS) is 15.0. The van der Waals surface area contributed by atoms with Crippen LogP contribution < -0.4 is 5.32 Å². The van der Waals surface area contributed by atoms with Crippen LogP contribution in [0.1, 0.15) is 53.7 Å². The molecule has 26 heavy (non-hydrogen) atoms. The van der Waals surface area contributed by atoms with Gasteiger partial charge in [-0.25, -0.2) is 4.98 Å². The maximum atomic E-state index is 12.1. The number of amides is 1. The Kier molecular flexibility index (Phi) is 6.52. The Hall–Kier alpha value is -2.05. The highest BCUT2D eigenvalue weighted by Crippen LogP contribution is 2.19. The summed E-state index contributed by atoms with van der Waals surface area (Å²) in [5.41, 5.74) is 2.77. The molecule has 0 radical (unpaired) electrons. The number of nitrogens with one attached hydrogen (secondary N) is 1. The molecule has 1 fully saturated rings. The van der Waals surface area contributed by atoms with E-state index < -0.39 is 0 Å². The van der Waals surface area contributed by atoms with E-state index in [-0.39, 0.29) is 24.5 Å². The maximum Gasteiger partial charge on any atom is 0.226 e. The molecule has 0 saturated carbocycles. The van der Waals surface area contributed by atoms with Gasteiger partial charge in [-0.1, -0.05) is 36.2 Å². The molecule has 0 aliphatic carbocycles. The number of hydrogen-bond donors (Lipinski definition) is 1. The zero-order valence-electron chi connectivity index (χ0n) is 15.2. The number of Topliss-reactive ketones (excluding diaryl/α,β-unsaturated/α-hetero) is 1. The van der Waals surface area contributed by atoms with Crippen molar-refractivity contribution in [1.29, 1.82) is 0 Å². The van der Waals surface area contributed by atoms with E-state index in [1.54, 1.807) is 0 Å². The number of anilines is 1. The van der Waals surface area contributed by atoms with Crippen molar-refractivity contribution in [3.05, 3.63) is 46.5 Å². The number of nitrogens with zero attached hydrogens (tertiary/aromatic N) is 2. The monoisotopic (exact) mass is 371 g/mol. The molecular weight excluding hydrogens is 346 g/mol. The molecule has 2 aromatic rings. The molecule has 6 heteroatoms. The summed E-state index contributed by atoms with van der Waals surface area (Å²) in [5, 5.41) is 5.43. The number of likely N-dealkylation sites (tertiary alicyclic amines) is 1. The number of thiazole rings is 1. The van der Waals surface area contributed by atoms with Gasteiger partial charge < -0.3 is 5.32 Å². The lowest BCUT2D eigenvalue weighted by Gasteiger charge is -2.25. The van der Waals surface area contributed by atoms with Gasteiger partial charge in [0.2, 0.25) is 5.91 Å². The van der Waals surface area contributed by atoms with Crippen molar-refractivity contribution in [2.75, 3.05) is 18.4 Å². The summed E-state index contributed by atoms with van der Waals surface area (Å²) in [6.45, 7) is 5.08. The summed E-state index contributed by atoms with van der Waals surface area (Å²) in [4.78, 5) is 31.1. The topological polar surface area (TPSA) is 62.3 Å². The molecule has 0 unspecified atom stereocenters. The van der Waals surface area contributed by atoms with Gasteiger partial charge in [-0.3, -0.25) is 14.5 Å². The molecule has 1 saturated heterocycles. The number of rotatable bonds is 7. The van der Waals surface area contributed by atoms with E-state index in [4.69, 9.17) is 0 Å². The van der Waals surface area contributed by atoms with E-state index in [9.17, 15) is 9.59 Å². The van der Waals surface area contributed by atoms with Crippen molar-refractivity contribution in [2.24, 2.45) is 0 Å². The van der Waals surface area contributed by atoms with Crippen LogP contribution in [0.25, 0.3) is 0 Å². The Morgan fingerprint density at radius 1 is 1.12 bits per heavy atom. The molecule has 1 N–H and O–H groups in total. The summed E-state index contributed by atoms with van der Waals surface area (Å²) in [5.74, 6) is -0.172. The van der Waals surface area contributed by atoms with E-state index >= 15 is 0 Å². The van der Waals surface area contributed by atoms with Crippen molar-refractivity contribution in [2.45, 2.75) is 45.6 Å². The van der Waals surface area contributed by atoms with E-state index in [1.165, 1.54) is 30.6 Å². The number of ketones is 1. The average molecular weight is 372 g/mol. The second-order valence-electron chi connectivity index (χ2n) is 6.82. The molecule has 1 aliphatic heterocycles. The molecule has 1 aromatic carbocycles. The lowest BCUT2D eigenvalue weighted by Crippen LogP contribution is -2.29. The first-order valence-electron chi connectivity index (χ1n) is 9.16. The molecule has 1 aromatic heterocycles. The van der Waals surface area contributed by atoms with E-state index in [1.807, 2.05) is 36.6 Å². The van der Waals surface area contributed by atoms with Crippen LogP contribution in [0, 0.1) is 6.92 Å². The summed E-state index contributed by atoms with van der Waals surface area (Å²) in [6, 6.07) is 7.44. The molecule has 0 spiro atoms. The molecule has 138 valence electrons. The first-order valence-corrected chi connectivity index (χ1v) is 10.0. The Bertz CT molecular complexity index is 749. The van der Waals surface area contributed by atoms with Gasteiger partial charge in [0, 0.05) is 30.3 Å². The van der Waals surface area contributed by atoms with Gasteiger partial charge in [0.1, 0.15) is 0 Å². The van der Waals surface area contributed by atoms with Gasteiger partial charge in [0.25, 0.3) is 0 Å². The van der Waals surface area contributed by atoms with Crippen LogP contribution >= 0.6 is 11.3 Å². The van der Waals surface area contributed by atoms with Crippen LogP contribution in [0.3, 0.4) is 0 Å². The fourth-order valence-electron chi connectivity index (χ4n) is 3.08. The molecular formula is C20H25N3O2S. The molecule has 0 bridgehead atoms. The third-order valence-corrected chi connectivity index (χ3v) is 5.39. The number of hydrogen-bond acceptors (Lipinski definition) is 5. The van der Waals surface area contributed by atoms with Crippen LogP contribution in [0.2, 0.25) is 0 Å². The van der Waals surface area contributed by atoms with Crippen molar-refractivity contribution < 1.29 is 9.59 Å². The zero-order valence-corrected chi connectivity index (χ0v) is 16.0. The van der Waals surface area contributed by atoms with Crippen LogP contribution in [0.15, 0.2) is 29.6 Å². The molecule has 3 rings (SSSR count). The second kappa shape index (κ2) is 9.05. The lowest BCUT2D eigenvalue weighted by molar-refractivity contribution is -0.116. The van der Waals surface area contributed by atoms with Crippen LogP contribution in [-0.4, -0.2) is 34.7 Å². The smallest absolute Gasteiger partial charge is 0.226 e. The van der Waals surface area contributed by atoms with Crippen LogP contribution in [0.5, 0.6) is 0 Å². The third kappa shape index (κ3) is 5.47. The molecule has 2 heterocycles. The Balaban J connectivity index is 1.44.